The van der Waals surface area contributed by atoms with Crippen LogP contribution in [-0.2, 0) is 10.9 Å². The van der Waals surface area contributed by atoms with Crippen molar-refractivity contribution in [1.29, 1.82) is 0 Å². The molecule has 0 atom stereocenters. The van der Waals surface area contributed by atoms with E-state index in [0.29, 0.717) is 0 Å². The van der Waals surface area contributed by atoms with Crippen molar-refractivity contribution >= 4 is 10.9 Å². The molecule has 0 N–H and O–H groups in total. The molecule has 1 heteroatoms. The lowest BCUT2D eigenvalue weighted by molar-refractivity contribution is 0.603. The van der Waals surface area contributed by atoms with E-state index in [1.54, 1.807) is 17.3 Å². The van der Waals surface area contributed by atoms with Gasteiger partial charge in [-0.05, 0) is 36.6 Å². The van der Waals surface area contributed by atoms with Crippen molar-refractivity contribution in [2.45, 2.75) is 64.7 Å². The Balaban J connectivity index is 1.75. The minimum atomic E-state index is 0.864. The lowest BCUT2D eigenvalue weighted by atomic mass is 10.1. The molecule has 0 radical (unpaired) electrons. The third-order valence-electron chi connectivity index (χ3n) is 3.15. The molecular weight excluding hydrogens is 188 g/mol. The van der Waals surface area contributed by atoms with Crippen molar-refractivity contribution in [3.8, 4) is 0 Å². The van der Waals surface area contributed by atoms with Crippen LogP contribution >= 0.6 is 0 Å². The molecule has 0 amide bonds. The summed E-state index contributed by atoms with van der Waals surface area (Å²) in [5.41, 5.74) is 0. The molecule has 1 heterocycles. The summed E-state index contributed by atoms with van der Waals surface area (Å²) in [6, 6.07) is 0. The SMILES string of the molecule is CCCCCCCCC[S+]1CCCC1. The maximum absolute atomic E-state index is 2.29. The highest BCUT2D eigenvalue weighted by Crippen LogP contribution is 2.16. The minimum absolute atomic E-state index is 0.864. The van der Waals surface area contributed by atoms with Gasteiger partial charge in [0.05, 0.1) is 0 Å². The average Bonchev–Trinajstić information content (AvgIpc) is 2.69. The fourth-order valence-corrected chi connectivity index (χ4v) is 4.63. The van der Waals surface area contributed by atoms with Crippen molar-refractivity contribution in [2.24, 2.45) is 0 Å². The third-order valence-corrected chi connectivity index (χ3v) is 5.75. The van der Waals surface area contributed by atoms with Crippen molar-refractivity contribution in [2.75, 3.05) is 17.3 Å². The predicted molar refractivity (Wildman–Crippen MR) is 69.2 cm³/mol. The Kier molecular flexibility index (Phi) is 7.67. The highest BCUT2D eigenvalue weighted by Gasteiger charge is 2.22. The lowest BCUT2D eigenvalue weighted by Gasteiger charge is -2.01. The zero-order valence-electron chi connectivity index (χ0n) is 9.89. The Hall–Kier alpha value is 0.350. The van der Waals surface area contributed by atoms with Crippen LogP contribution in [0.15, 0.2) is 0 Å². The maximum atomic E-state index is 2.29. The molecule has 0 saturated carbocycles. The highest BCUT2D eigenvalue weighted by atomic mass is 32.2. The van der Waals surface area contributed by atoms with Crippen molar-refractivity contribution < 1.29 is 0 Å². The first-order valence-electron chi connectivity index (χ1n) is 6.57. The first-order valence-corrected chi connectivity index (χ1v) is 8.31. The Morgan fingerprint density at radius 3 is 2.00 bits per heavy atom. The Morgan fingerprint density at radius 1 is 0.786 bits per heavy atom. The molecule has 0 unspecified atom stereocenters. The summed E-state index contributed by atoms with van der Waals surface area (Å²) >= 11 is 0. The van der Waals surface area contributed by atoms with Crippen LogP contribution < -0.4 is 0 Å². The molecular formula is C13H27S+. The van der Waals surface area contributed by atoms with E-state index in [0.717, 1.165) is 10.9 Å². The van der Waals surface area contributed by atoms with Gasteiger partial charge in [-0.2, -0.15) is 0 Å². The number of hydrogen-bond donors (Lipinski definition) is 0. The van der Waals surface area contributed by atoms with Crippen LogP contribution in [0.25, 0.3) is 0 Å². The molecule has 0 nitrogen and oxygen atoms in total. The summed E-state index contributed by atoms with van der Waals surface area (Å²) in [5, 5.41) is 0. The largest absolute Gasteiger partial charge is 0.108 e. The third kappa shape index (κ3) is 5.95. The molecule has 0 aromatic heterocycles. The Labute approximate surface area is 93.2 Å². The normalized spacial score (nSPS) is 17.8. The summed E-state index contributed by atoms with van der Waals surface area (Å²) in [5.74, 6) is 4.69. The van der Waals surface area contributed by atoms with E-state index < -0.39 is 0 Å². The van der Waals surface area contributed by atoms with Gasteiger partial charge >= 0.3 is 0 Å². The second-order valence-corrected chi connectivity index (χ2v) is 7.00. The van der Waals surface area contributed by atoms with Gasteiger partial charge in [0.1, 0.15) is 17.3 Å². The molecule has 1 aliphatic heterocycles. The highest BCUT2D eigenvalue weighted by molar-refractivity contribution is 7.97. The molecule has 84 valence electrons. The van der Waals surface area contributed by atoms with Gasteiger partial charge in [0.15, 0.2) is 0 Å². The Morgan fingerprint density at radius 2 is 1.36 bits per heavy atom. The summed E-state index contributed by atoms with van der Waals surface area (Å²) in [6.07, 6.45) is 13.4. The zero-order valence-corrected chi connectivity index (χ0v) is 10.7. The zero-order chi connectivity index (χ0) is 10.1. The summed E-state index contributed by atoms with van der Waals surface area (Å²) < 4.78 is 0. The number of hydrogen-bond acceptors (Lipinski definition) is 0. The summed E-state index contributed by atoms with van der Waals surface area (Å²) in [4.78, 5) is 0. The van der Waals surface area contributed by atoms with Crippen LogP contribution in [0.3, 0.4) is 0 Å². The van der Waals surface area contributed by atoms with Gasteiger partial charge in [-0.15, -0.1) is 0 Å². The molecule has 0 aliphatic carbocycles. The number of unbranched alkanes of at least 4 members (excludes halogenated alkanes) is 6. The van der Waals surface area contributed by atoms with Crippen LogP contribution in [0, 0.1) is 0 Å². The van der Waals surface area contributed by atoms with Crippen molar-refractivity contribution in [3.63, 3.8) is 0 Å². The molecule has 1 fully saturated rings. The van der Waals surface area contributed by atoms with E-state index in [-0.39, 0.29) is 0 Å². The van der Waals surface area contributed by atoms with Gasteiger partial charge < -0.3 is 0 Å². The van der Waals surface area contributed by atoms with Gasteiger partial charge in [-0.1, -0.05) is 39.0 Å². The predicted octanol–water partition coefficient (Wildman–Crippen LogP) is 4.15. The second-order valence-electron chi connectivity index (χ2n) is 4.55. The van der Waals surface area contributed by atoms with E-state index >= 15 is 0 Å². The fourth-order valence-electron chi connectivity index (χ4n) is 2.18. The average molecular weight is 215 g/mol. The van der Waals surface area contributed by atoms with E-state index in [1.807, 2.05) is 0 Å². The summed E-state index contributed by atoms with van der Waals surface area (Å²) in [6.45, 7) is 2.29. The van der Waals surface area contributed by atoms with Crippen LogP contribution in [-0.4, -0.2) is 17.3 Å². The van der Waals surface area contributed by atoms with Crippen molar-refractivity contribution in [1.82, 2.24) is 0 Å². The Bertz CT molecular complexity index is 116. The van der Waals surface area contributed by atoms with E-state index in [9.17, 15) is 0 Å². The van der Waals surface area contributed by atoms with E-state index in [1.165, 1.54) is 57.8 Å². The molecule has 1 rings (SSSR count). The molecule has 1 aliphatic rings. The first-order chi connectivity index (χ1) is 6.93. The van der Waals surface area contributed by atoms with Crippen LogP contribution in [0.1, 0.15) is 64.7 Å². The number of rotatable bonds is 8. The smallest absolute Gasteiger partial charge is 0.0654 e. The molecule has 0 aromatic carbocycles. The minimum Gasteiger partial charge on any atom is -0.0654 e. The fraction of sp³-hybridized carbons (Fsp3) is 1.00. The van der Waals surface area contributed by atoms with Gasteiger partial charge in [0, 0.05) is 0 Å². The quantitative estimate of drug-likeness (QED) is 0.421. The molecule has 0 aromatic rings. The molecule has 14 heavy (non-hydrogen) atoms. The first kappa shape index (κ1) is 12.4. The van der Waals surface area contributed by atoms with E-state index in [2.05, 4.69) is 6.92 Å². The molecule has 0 bridgehead atoms. The summed E-state index contributed by atoms with van der Waals surface area (Å²) in [7, 11) is 0.864. The van der Waals surface area contributed by atoms with Gasteiger partial charge in [-0.3, -0.25) is 0 Å². The maximum Gasteiger partial charge on any atom is 0.108 e. The topological polar surface area (TPSA) is 0 Å². The van der Waals surface area contributed by atoms with Crippen LogP contribution in [0.2, 0.25) is 0 Å². The second kappa shape index (κ2) is 8.64. The molecule has 1 saturated heterocycles. The van der Waals surface area contributed by atoms with Crippen LogP contribution in [0.4, 0.5) is 0 Å². The lowest BCUT2D eigenvalue weighted by Crippen LogP contribution is -2.08. The van der Waals surface area contributed by atoms with Gasteiger partial charge in [0.2, 0.25) is 0 Å². The van der Waals surface area contributed by atoms with E-state index in [4.69, 9.17) is 0 Å². The van der Waals surface area contributed by atoms with Crippen molar-refractivity contribution in [3.05, 3.63) is 0 Å². The van der Waals surface area contributed by atoms with Crippen LogP contribution in [0.5, 0.6) is 0 Å². The van der Waals surface area contributed by atoms with Gasteiger partial charge in [-0.25, -0.2) is 0 Å². The standard InChI is InChI=1S/C13H27S/c1-2-3-4-5-6-7-8-11-14-12-9-10-13-14/h2-13H2,1H3/q+1. The van der Waals surface area contributed by atoms with Gasteiger partial charge in [0.25, 0.3) is 0 Å². The molecule has 0 spiro atoms. The monoisotopic (exact) mass is 215 g/mol.